The fourth-order valence-electron chi connectivity index (χ4n) is 1.42. The van der Waals surface area contributed by atoms with E-state index in [4.69, 9.17) is 5.11 Å². The predicted molar refractivity (Wildman–Crippen MR) is 66.4 cm³/mol. The van der Waals surface area contributed by atoms with E-state index in [-0.39, 0.29) is 18.6 Å². The second-order valence-electron chi connectivity index (χ2n) is 3.83. The molecule has 0 spiro atoms. The van der Waals surface area contributed by atoms with E-state index < -0.39 is 5.97 Å². The van der Waals surface area contributed by atoms with E-state index >= 15 is 0 Å². The topological polar surface area (TPSA) is 75.6 Å². The minimum absolute atomic E-state index is 0.0948. The molecule has 98 valence electrons. The van der Waals surface area contributed by atoms with Gasteiger partial charge in [0.1, 0.15) is 0 Å². The zero-order chi connectivity index (χ0) is 13.5. The number of benzene rings is 1. The van der Waals surface area contributed by atoms with Crippen LogP contribution in [0.15, 0.2) is 24.3 Å². The minimum Gasteiger partial charge on any atom is -0.465 e. The van der Waals surface area contributed by atoms with Crippen molar-refractivity contribution in [3.8, 4) is 0 Å². The molecule has 2 N–H and O–H groups in total. The molecule has 0 radical (unpaired) electrons. The van der Waals surface area contributed by atoms with Gasteiger partial charge in [-0.1, -0.05) is 6.92 Å². The molecule has 0 fully saturated rings. The maximum atomic E-state index is 11.8. The highest BCUT2D eigenvalue weighted by Crippen LogP contribution is 2.06. The summed E-state index contributed by atoms with van der Waals surface area (Å²) in [6.45, 7) is 1.78. The Morgan fingerprint density at radius 1 is 1.28 bits per heavy atom. The number of nitrogens with one attached hydrogen (secondary N) is 1. The summed E-state index contributed by atoms with van der Waals surface area (Å²) in [5, 5.41) is 11.7. The summed E-state index contributed by atoms with van der Waals surface area (Å²) < 4.78 is 4.56. The van der Waals surface area contributed by atoms with Crippen molar-refractivity contribution in [1.29, 1.82) is 0 Å². The molecule has 1 rings (SSSR count). The molecule has 1 aromatic carbocycles. The zero-order valence-electron chi connectivity index (χ0n) is 10.5. The summed E-state index contributed by atoms with van der Waals surface area (Å²) in [5.41, 5.74) is 0.831. The molecule has 1 aromatic rings. The third-order valence-corrected chi connectivity index (χ3v) is 2.62. The van der Waals surface area contributed by atoms with Gasteiger partial charge in [0, 0.05) is 5.56 Å². The zero-order valence-corrected chi connectivity index (χ0v) is 10.5. The number of hydrogen-bond donors (Lipinski definition) is 2. The Labute approximate surface area is 106 Å². The van der Waals surface area contributed by atoms with E-state index in [0.717, 1.165) is 0 Å². The number of methoxy groups -OCH3 is 1. The van der Waals surface area contributed by atoms with Crippen molar-refractivity contribution in [2.75, 3.05) is 13.7 Å². The highest BCUT2D eigenvalue weighted by molar-refractivity contribution is 5.96. The van der Waals surface area contributed by atoms with Crippen molar-refractivity contribution >= 4 is 11.9 Å². The average Bonchev–Trinajstić information content (AvgIpc) is 2.43. The molecule has 1 atom stereocenters. The van der Waals surface area contributed by atoms with Crippen LogP contribution < -0.4 is 5.32 Å². The van der Waals surface area contributed by atoms with Crippen molar-refractivity contribution in [2.45, 2.75) is 19.4 Å². The highest BCUT2D eigenvalue weighted by Gasteiger charge is 2.12. The molecule has 0 saturated carbocycles. The molecule has 0 aliphatic rings. The Morgan fingerprint density at radius 2 is 1.83 bits per heavy atom. The van der Waals surface area contributed by atoms with Gasteiger partial charge in [0.25, 0.3) is 5.91 Å². The number of amides is 1. The van der Waals surface area contributed by atoms with Crippen LogP contribution in [0.2, 0.25) is 0 Å². The van der Waals surface area contributed by atoms with Crippen LogP contribution in [-0.2, 0) is 4.74 Å². The fourth-order valence-corrected chi connectivity index (χ4v) is 1.42. The first kappa shape index (κ1) is 14.2. The van der Waals surface area contributed by atoms with Crippen molar-refractivity contribution in [3.05, 3.63) is 35.4 Å². The standard InChI is InChI=1S/C13H17NO4/c1-3-11(8-15)14-12(16)9-4-6-10(7-5-9)13(17)18-2/h4-7,11,15H,3,8H2,1-2H3,(H,14,16). The van der Waals surface area contributed by atoms with Crippen LogP contribution in [0.5, 0.6) is 0 Å². The van der Waals surface area contributed by atoms with E-state index in [1.165, 1.54) is 19.2 Å². The van der Waals surface area contributed by atoms with Crippen molar-refractivity contribution in [1.82, 2.24) is 5.32 Å². The number of ether oxygens (including phenoxy) is 1. The largest absolute Gasteiger partial charge is 0.465 e. The van der Waals surface area contributed by atoms with Gasteiger partial charge in [0.2, 0.25) is 0 Å². The Morgan fingerprint density at radius 3 is 2.28 bits per heavy atom. The van der Waals surface area contributed by atoms with E-state index in [0.29, 0.717) is 17.5 Å². The fraction of sp³-hybridized carbons (Fsp3) is 0.385. The van der Waals surface area contributed by atoms with Crippen molar-refractivity contribution < 1.29 is 19.4 Å². The summed E-state index contributed by atoms with van der Waals surface area (Å²) in [4.78, 5) is 23.0. The molecule has 0 saturated heterocycles. The Balaban J connectivity index is 2.73. The first-order chi connectivity index (χ1) is 8.62. The summed E-state index contributed by atoms with van der Waals surface area (Å²) in [7, 11) is 1.30. The normalized spacial score (nSPS) is 11.7. The molecular weight excluding hydrogens is 234 g/mol. The van der Waals surface area contributed by atoms with E-state index in [1.807, 2.05) is 6.92 Å². The number of aliphatic hydroxyl groups excluding tert-OH is 1. The Kier molecular flexibility index (Phi) is 5.32. The van der Waals surface area contributed by atoms with Gasteiger partial charge in [-0.2, -0.15) is 0 Å². The van der Waals surface area contributed by atoms with Gasteiger partial charge in [-0.15, -0.1) is 0 Å². The van der Waals surface area contributed by atoms with E-state index in [2.05, 4.69) is 10.1 Å². The predicted octanol–water partition coefficient (Wildman–Crippen LogP) is 0.974. The van der Waals surface area contributed by atoms with Gasteiger partial charge in [-0.05, 0) is 30.7 Å². The van der Waals surface area contributed by atoms with Gasteiger partial charge in [-0.3, -0.25) is 4.79 Å². The molecule has 0 bridgehead atoms. The lowest BCUT2D eigenvalue weighted by Crippen LogP contribution is -2.36. The van der Waals surface area contributed by atoms with Crippen LogP contribution in [0.3, 0.4) is 0 Å². The summed E-state index contributed by atoms with van der Waals surface area (Å²) in [6, 6.07) is 5.90. The Bertz CT molecular complexity index is 410. The smallest absolute Gasteiger partial charge is 0.337 e. The molecule has 5 nitrogen and oxygen atoms in total. The van der Waals surface area contributed by atoms with Gasteiger partial charge < -0.3 is 15.2 Å². The van der Waals surface area contributed by atoms with Gasteiger partial charge in [0.05, 0.1) is 25.3 Å². The molecular formula is C13H17NO4. The van der Waals surface area contributed by atoms with Crippen LogP contribution in [-0.4, -0.2) is 36.7 Å². The number of rotatable bonds is 5. The van der Waals surface area contributed by atoms with Crippen LogP contribution in [0.1, 0.15) is 34.1 Å². The van der Waals surface area contributed by atoms with Crippen LogP contribution >= 0.6 is 0 Å². The average molecular weight is 251 g/mol. The lowest BCUT2D eigenvalue weighted by Gasteiger charge is -2.13. The molecule has 0 heterocycles. The van der Waals surface area contributed by atoms with Crippen molar-refractivity contribution in [2.24, 2.45) is 0 Å². The number of carbonyl (C=O) groups is 2. The third kappa shape index (κ3) is 3.56. The van der Waals surface area contributed by atoms with Crippen molar-refractivity contribution in [3.63, 3.8) is 0 Å². The summed E-state index contributed by atoms with van der Waals surface area (Å²) in [5.74, 6) is -0.712. The summed E-state index contributed by atoms with van der Waals surface area (Å²) >= 11 is 0. The van der Waals surface area contributed by atoms with Gasteiger partial charge >= 0.3 is 5.97 Å². The maximum Gasteiger partial charge on any atom is 0.337 e. The van der Waals surface area contributed by atoms with Crippen LogP contribution in [0.25, 0.3) is 0 Å². The second-order valence-corrected chi connectivity index (χ2v) is 3.83. The highest BCUT2D eigenvalue weighted by atomic mass is 16.5. The first-order valence-corrected chi connectivity index (χ1v) is 5.72. The SMILES string of the molecule is CCC(CO)NC(=O)c1ccc(C(=O)OC)cc1. The number of hydrogen-bond acceptors (Lipinski definition) is 4. The first-order valence-electron chi connectivity index (χ1n) is 5.72. The number of aliphatic hydroxyl groups is 1. The molecule has 0 aliphatic carbocycles. The molecule has 18 heavy (non-hydrogen) atoms. The lowest BCUT2D eigenvalue weighted by molar-refractivity contribution is 0.0600. The molecule has 1 unspecified atom stereocenters. The quantitative estimate of drug-likeness (QED) is 0.765. The van der Waals surface area contributed by atoms with Crippen LogP contribution in [0, 0.1) is 0 Å². The van der Waals surface area contributed by atoms with Gasteiger partial charge in [-0.25, -0.2) is 4.79 Å². The molecule has 5 heteroatoms. The molecule has 1 amide bonds. The third-order valence-electron chi connectivity index (χ3n) is 2.62. The van der Waals surface area contributed by atoms with Crippen LogP contribution in [0.4, 0.5) is 0 Å². The second kappa shape index (κ2) is 6.76. The molecule has 0 aliphatic heterocycles. The number of esters is 1. The van der Waals surface area contributed by atoms with E-state index in [9.17, 15) is 9.59 Å². The van der Waals surface area contributed by atoms with Gasteiger partial charge in [0.15, 0.2) is 0 Å². The molecule has 0 aromatic heterocycles. The maximum absolute atomic E-state index is 11.8. The monoisotopic (exact) mass is 251 g/mol. The summed E-state index contributed by atoms with van der Waals surface area (Å²) in [6.07, 6.45) is 0.655. The minimum atomic E-state index is -0.441. The number of carbonyl (C=O) groups excluding carboxylic acids is 2. The van der Waals surface area contributed by atoms with E-state index in [1.54, 1.807) is 12.1 Å². The Hall–Kier alpha value is -1.88. The lowest BCUT2D eigenvalue weighted by atomic mass is 10.1.